The van der Waals surface area contributed by atoms with Crippen LogP contribution in [-0.4, -0.2) is 89.7 Å². The number of carbonyl (C=O) groups is 1. The number of halogens is 1. The van der Waals surface area contributed by atoms with Gasteiger partial charge in [0.15, 0.2) is 0 Å². The second-order valence-corrected chi connectivity index (χ2v) is 14.7. The van der Waals surface area contributed by atoms with Crippen molar-refractivity contribution in [3.05, 3.63) is 58.1 Å². The number of hydrogen-bond donors (Lipinski definition) is 3. The molecule has 2 aromatic rings. The van der Waals surface area contributed by atoms with Gasteiger partial charge in [-0.15, -0.1) is 0 Å². The second-order valence-electron chi connectivity index (χ2n) is 12.5. The van der Waals surface area contributed by atoms with Crippen LogP contribution in [0.1, 0.15) is 56.4 Å². The van der Waals surface area contributed by atoms with Crippen LogP contribution >= 0.6 is 11.6 Å². The molecule has 0 spiro atoms. The van der Waals surface area contributed by atoms with E-state index in [-0.39, 0.29) is 36.2 Å². The molecular weight excluding hydrogens is 620 g/mol. The molecule has 250 valence electrons. The van der Waals surface area contributed by atoms with Gasteiger partial charge in [0, 0.05) is 30.7 Å². The van der Waals surface area contributed by atoms with Crippen molar-refractivity contribution in [1.82, 2.24) is 14.9 Å². The third kappa shape index (κ3) is 10.3. The van der Waals surface area contributed by atoms with Crippen molar-refractivity contribution in [2.45, 2.75) is 75.6 Å². The fourth-order valence-corrected chi connectivity index (χ4v) is 7.09. The number of rotatable bonds is 14. The Hall–Kier alpha value is -2.45. The van der Waals surface area contributed by atoms with Crippen LogP contribution in [-0.2, 0) is 30.7 Å². The van der Waals surface area contributed by atoms with Gasteiger partial charge in [0.05, 0.1) is 37.4 Å². The molecule has 4 rings (SSSR count). The van der Waals surface area contributed by atoms with E-state index in [0.29, 0.717) is 43.7 Å². The summed E-state index contributed by atoms with van der Waals surface area (Å²) in [6.45, 7) is 11.2. The topological polar surface area (TPSA) is 141 Å². The highest BCUT2D eigenvalue weighted by molar-refractivity contribution is 7.89. The minimum absolute atomic E-state index is 0.00573. The van der Waals surface area contributed by atoms with E-state index in [9.17, 15) is 13.2 Å². The van der Waals surface area contributed by atoms with E-state index in [2.05, 4.69) is 21.9 Å². The maximum absolute atomic E-state index is 12.8. The molecular formula is C32H47ClN4O7S. The van der Waals surface area contributed by atoms with E-state index in [4.69, 9.17) is 36.3 Å². The van der Waals surface area contributed by atoms with E-state index < -0.39 is 21.7 Å². The summed E-state index contributed by atoms with van der Waals surface area (Å²) in [5.74, 6) is 0.552. The minimum atomic E-state index is -3.72. The Kier molecular flexibility index (Phi) is 12.5. The number of hydrogen-bond acceptors (Lipinski definition) is 9. The van der Waals surface area contributed by atoms with Crippen LogP contribution in [0.15, 0.2) is 41.3 Å². The Labute approximate surface area is 272 Å². The van der Waals surface area contributed by atoms with E-state index in [1.807, 2.05) is 32.9 Å². The van der Waals surface area contributed by atoms with E-state index in [0.717, 1.165) is 36.9 Å². The summed E-state index contributed by atoms with van der Waals surface area (Å²) in [4.78, 5) is 15.0. The van der Waals surface area contributed by atoms with Crippen LogP contribution in [0.2, 0.25) is 5.02 Å². The molecule has 1 aliphatic carbocycles. The maximum Gasteiger partial charge on any atom is 0.407 e. The van der Waals surface area contributed by atoms with Gasteiger partial charge in [-0.2, -0.15) is 0 Å². The van der Waals surface area contributed by atoms with Crippen LogP contribution < -0.4 is 20.5 Å². The van der Waals surface area contributed by atoms with E-state index in [1.165, 1.54) is 17.7 Å². The van der Waals surface area contributed by atoms with Crippen LogP contribution in [0.4, 0.5) is 4.79 Å². The third-order valence-electron chi connectivity index (χ3n) is 7.75. The van der Waals surface area contributed by atoms with Gasteiger partial charge in [-0.1, -0.05) is 11.6 Å². The van der Waals surface area contributed by atoms with Crippen LogP contribution in [0.5, 0.6) is 5.75 Å². The number of amides is 1. The molecule has 11 nitrogen and oxygen atoms in total. The number of sulfonamides is 1. The predicted molar refractivity (Wildman–Crippen MR) is 173 cm³/mol. The van der Waals surface area contributed by atoms with Gasteiger partial charge in [-0.3, -0.25) is 4.90 Å². The van der Waals surface area contributed by atoms with Crippen LogP contribution in [0.3, 0.4) is 0 Å². The summed E-state index contributed by atoms with van der Waals surface area (Å²) >= 11 is 6.50. The Balaban J connectivity index is 1.42. The fraction of sp³-hybridized carbons (Fsp3) is 0.594. The van der Waals surface area contributed by atoms with Crippen molar-refractivity contribution in [3.63, 3.8) is 0 Å². The molecule has 1 fully saturated rings. The second kappa shape index (κ2) is 15.9. The third-order valence-corrected chi connectivity index (χ3v) is 9.45. The summed E-state index contributed by atoms with van der Waals surface area (Å²) in [6.07, 6.45) is 1.82. The molecule has 2 aliphatic rings. The number of benzene rings is 2. The number of fused-ring (bicyclic) bond motifs is 1. The quantitative estimate of drug-likeness (QED) is 0.256. The molecule has 0 unspecified atom stereocenters. The fourth-order valence-electron chi connectivity index (χ4n) is 5.80. The SMILES string of the molecule is Cc1cc(Cl)cc2c1C[C@H](N1CCC[C@@H](NC(=O)OC(C)(C)C)C1)[C@H]2Oc1ccc(S(=O)(=O)NCCOCCOCCN)cc1. The van der Waals surface area contributed by atoms with Gasteiger partial charge >= 0.3 is 6.09 Å². The molecule has 1 aliphatic heterocycles. The zero-order valence-electron chi connectivity index (χ0n) is 26.6. The molecule has 1 saturated heterocycles. The molecule has 0 radical (unpaired) electrons. The molecule has 3 atom stereocenters. The lowest BCUT2D eigenvalue weighted by molar-refractivity contribution is 0.0362. The van der Waals surface area contributed by atoms with Crippen LogP contribution in [0, 0.1) is 6.92 Å². The van der Waals surface area contributed by atoms with Crippen molar-refractivity contribution in [3.8, 4) is 5.75 Å². The zero-order chi connectivity index (χ0) is 32.6. The lowest BCUT2D eigenvalue weighted by Crippen LogP contribution is -2.53. The number of likely N-dealkylation sites (tertiary alicyclic amines) is 1. The average Bonchev–Trinajstić information content (AvgIpc) is 3.32. The van der Waals surface area contributed by atoms with Gasteiger partial charge < -0.3 is 30.0 Å². The highest BCUT2D eigenvalue weighted by atomic mass is 35.5. The van der Waals surface area contributed by atoms with Crippen molar-refractivity contribution >= 4 is 27.7 Å². The number of nitrogens with one attached hydrogen (secondary N) is 2. The number of alkyl carbamates (subject to hydrolysis) is 1. The molecule has 1 amide bonds. The van der Waals surface area contributed by atoms with Gasteiger partial charge in [0.2, 0.25) is 10.0 Å². The number of carbonyl (C=O) groups excluding carboxylic acids is 1. The van der Waals surface area contributed by atoms with Crippen molar-refractivity contribution in [1.29, 1.82) is 0 Å². The van der Waals surface area contributed by atoms with Crippen molar-refractivity contribution in [2.75, 3.05) is 52.6 Å². The van der Waals surface area contributed by atoms with E-state index in [1.54, 1.807) is 12.1 Å². The molecule has 1 heterocycles. The molecule has 0 saturated carbocycles. The maximum atomic E-state index is 12.8. The van der Waals surface area contributed by atoms with Crippen LogP contribution in [0.25, 0.3) is 0 Å². The average molecular weight is 667 g/mol. The predicted octanol–water partition coefficient (Wildman–Crippen LogP) is 3.95. The number of aryl methyl sites for hydroxylation is 1. The van der Waals surface area contributed by atoms with Gasteiger partial charge in [-0.05, 0) is 107 Å². The molecule has 13 heteroatoms. The lowest BCUT2D eigenvalue weighted by atomic mass is 10.0. The highest BCUT2D eigenvalue weighted by Crippen LogP contribution is 2.41. The number of nitrogens with zero attached hydrogens (tertiary/aromatic N) is 1. The molecule has 0 bridgehead atoms. The Morgan fingerprint density at radius 3 is 2.49 bits per heavy atom. The van der Waals surface area contributed by atoms with E-state index >= 15 is 0 Å². The Morgan fingerprint density at radius 2 is 1.80 bits per heavy atom. The summed E-state index contributed by atoms with van der Waals surface area (Å²) in [5, 5.41) is 3.68. The Morgan fingerprint density at radius 1 is 1.09 bits per heavy atom. The molecule has 2 aromatic carbocycles. The molecule has 0 aromatic heterocycles. The summed E-state index contributed by atoms with van der Waals surface area (Å²) in [5.41, 5.74) is 8.14. The first kappa shape index (κ1) is 35.4. The molecule has 45 heavy (non-hydrogen) atoms. The summed E-state index contributed by atoms with van der Waals surface area (Å²) < 4.78 is 51.0. The standard InChI is InChI=1S/C32H47ClN4O7S/c1-22-18-23(33)19-28-27(22)20-29(37-13-5-6-24(21-37)36-31(38)44-32(2,3)4)30(28)43-25-7-9-26(10-8-25)45(39,40)35-12-15-42-17-16-41-14-11-34/h7-10,18-19,24,29-30,35H,5-6,11-17,20-21,34H2,1-4H3,(H,36,38)/t24-,29+,30+/m1/s1. The number of nitrogens with two attached hydrogens (primary N) is 1. The largest absolute Gasteiger partial charge is 0.484 e. The molecule has 4 N–H and O–H groups in total. The zero-order valence-corrected chi connectivity index (χ0v) is 28.2. The van der Waals surface area contributed by atoms with Gasteiger partial charge in [-0.25, -0.2) is 17.9 Å². The smallest absolute Gasteiger partial charge is 0.407 e. The minimum Gasteiger partial charge on any atom is -0.484 e. The number of piperidine rings is 1. The first-order valence-corrected chi connectivity index (χ1v) is 17.4. The van der Waals surface area contributed by atoms with Crippen molar-refractivity contribution in [2.24, 2.45) is 5.73 Å². The van der Waals surface area contributed by atoms with Crippen molar-refractivity contribution < 1.29 is 32.2 Å². The normalized spacial score (nSPS) is 20.5. The monoisotopic (exact) mass is 666 g/mol. The number of ether oxygens (including phenoxy) is 4. The van der Waals surface area contributed by atoms with Gasteiger partial charge in [0.25, 0.3) is 0 Å². The lowest BCUT2D eigenvalue weighted by Gasteiger charge is -2.39. The summed E-state index contributed by atoms with van der Waals surface area (Å²) in [6, 6.07) is 10.3. The summed E-state index contributed by atoms with van der Waals surface area (Å²) in [7, 11) is -3.72. The highest BCUT2D eigenvalue weighted by Gasteiger charge is 2.41. The van der Waals surface area contributed by atoms with Gasteiger partial charge in [0.1, 0.15) is 17.5 Å². The Bertz CT molecular complexity index is 1390. The first-order valence-electron chi connectivity index (χ1n) is 15.5. The first-order chi connectivity index (χ1) is 21.4.